The van der Waals surface area contributed by atoms with Gasteiger partial charge in [-0.05, 0) is 116 Å². The van der Waals surface area contributed by atoms with E-state index in [2.05, 4.69) is 118 Å². The first kappa shape index (κ1) is 70.4. The molecule has 0 amide bonds. The molecular formula is C62H105O11P. The maximum atomic E-state index is 12.9. The summed E-state index contributed by atoms with van der Waals surface area (Å²) in [7, 11) is -4.77. The van der Waals surface area contributed by atoms with E-state index in [0.717, 1.165) is 122 Å². The lowest BCUT2D eigenvalue weighted by Crippen LogP contribution is -2.30. The lowest BCUT2D eigenvalue weighted by molar-refractivity contribution is -0.161. The Kier molecular flexibility index (Phi) is 52.9. The molecule has 0 aliphatic carbocycles. The molecule has 2 N–H and O–H groups in total. The first-order valence-electron chi connectivity index (χ1n) is 29.1. The number of aliphatic hydroxyl groups is 1. The third kappa shape index (κ3) is 53.2. The Morgan fingerprint density at radius 3 is 1.12 bits per heavy atom. The van der Waals surface area contributed by atoms with E-state index in [9.17, 15) is 28.9 Å². The first-order valence-corrected chi connectivity index (χ1v) is 30.6. The molecule has 0 aliphatic rings. The van der Waals surface area contributed by atoms with Crippen LogP contribution < -0.4 is 0 Å². The van der Waals surface area contributed by atoms with Crippen LogP contribution >= 0.6 is 7.82 Å². The fourth-order valence-electron chi connectivity index (χ4n) is 7.59. The van der Waals surface area contributed by atoms with Gasteiger partial charge in [-0.2, -0.15) is 0 Å². The minimum absolute atomic E-state index is 0.120. The molecule has 0 aliphatic heterocycles. The summed E-state index contributed by atoms with van der Waals surface area (Å²) in [6, 6.07) is 0. The molecule has 0 aromatic carbocycles. The highest BCUT2D eigenvalue weighted by Crippen LogP contribution is 2.43. The van der Waals surface area contributed by atoms with Gasteiger partial charge in [-0.15, -0.1) is 0 Å². The Labute approximate surface area is 451 Å². The summed E-state index contributed by atoms with van der Waals surface area (Å²) < 4.78 is 39.5. The average molecular weight is 1060 g/mol. The molecule has 0 aromatic heterocycles. The highest BCUT2D eigenvalue weighted by molar-refractivity contribution is 7.47. The van der Waals surface area contributed by atoms with Crippen LogP contribution in [0.15, 0.2) is 97.2 Å². The van der Waals surface area contributed by atoms with E-state index >= 15 is 0 Å². The third-order valence-electron chi connectivity index (χ3n) is 12.0. The fourth-order valence-corrected chi connectivity index (χ4v) is 8.37. The molecular weight excluding hydrogens is 952 g/mol. The summed E-state index contributed by atoms with van der Waals surface area (Å²) in [5.74, 6) is -1.54. The van der Waals surface area contributed by atoms with Gasteiger partial charge >= 0.3 is 25.7 Å². The number of allylic oxidation sites excluding steroid dienone is 16. The summed E-state index contributed by atoms with van der Waals surface area (Å²) in [6.45, 7) is 4.34. The van der Waals surface area contributed by atoms with Crippen LogP contribution in [0.5, 0.6) is 0 Å². The molecule has 0 bridgehead atoms. The molecule has 424 valence electrons. The van der Waals surface area contributed by atoms with Gasteiger partial charge in [-0.3, -0.25) is 23.4 Å². The molecule has 0 spiro atoms. The number of hydrogen-bond donors (Lipinski definition) is 2. The zero-order valence-corrected chi connectivity index (χ0v) is 47.7. The number of rotatable bonds is 53. The van der Waals surface area contributed by atoms with Crippen molar-refractivity contribution in [2.45, 2.75) is 251 Å². The van der Waals surface area contributed by atoms with Crippen LogP contribution in [-0.4, -0.2) is 66.5 Å². The molecule has 0 rings (SSSR count). The molecule has 0 radical (unpaired) electrons. The van der Waals surface area contributed by atoms with Gasteiger partial charge in [0, 0.05) is 19.3 Å². The van der Waals surface area contributed by atoms with Crippen LogP contribution in [-0.2, 0) is 42.2 Å². The fraction of sp³-hybridized carbons (Fsp3) is 0.694. The number of hydrogen-bond acceptors (Lipinski definition) is 10. The zero-order chi connectivity index (χ0) is 54.1. The normalized spacial score (nSPS) is 14.1. The van der Waals surface area contributed by atoms with Crippen LogP contribution in [0, 0.1) is 0 Å². The molecule has 3 atom stereocenters. The van der Waals surface area contributed by atoms with E-state index in [-0.39, 0.29) is 25.9 Å². The van der Waals surface area contributed by atoms with E-state index in [4.69, 9.17) is 23.3 Å². The van der Waals surface area contributed by atoms with E-state index < -0.39 is 57.8 Å². The number of ether oxygens (including phenoxy) is 3. The minimum atomic E-state index is -4.77. The SMILES string of the molecule is CC/C=C\C/C=C\C/C=C\C/C=C\CCCCC(=O)OC(CO)COP(=O)(O)OCC(COC(=O)CCCCCCC/C=C\C/C=C\C/C=C\CC)OC(=O)CCCCCCCCC/C=C\CCCCCCCC. The molecule has 11 nitrogen and oxygen atoms in total. The maximum Gasteiger partial charge on any atom is 0.472 e. The maximum absolute atomic E-state index is 12.9. The van der Waals surface area contributed by atoms with Crippen molar-refractivity contribution in [3.05, 3.63) is 97.2 Å². The standard InChI is InChI=1S/C62H105O11P/c1-4-7-10-13-16-19-22-25-28-29-32-35-38-41-44-47-50-53-62(66)73-59(55-69-60(64)51-48-45-42-39-36-33-30-26-23-20-17-14-11-8-5-2)57-71-74(67,68)70-56-58(54-63)72-61(65)52-49-46-43-40-37-34-31-27-24-21-18-15-12-9-6-3/h8-9,11-12,17-18,20-21,25-28,30-31,37,40,58-59,63H,4-7,10,13-16,19,22-24,29,32-36,38-39,41-57H2,1-3H3,(H,67,68)/b11-8-,12-9-,20-17-,21-18-,28-25-,30-26-,31-27-,40-37-. The lowest BCUT2D eigenvalue weighted by atomic mass is 10.1. The second-order valence-corrected chi connectivity index (χ2v) is 20.5. The molecule has 0 aromatic rings. The van der Waals surface area contributed by atoms with Crippen molar-refractivity contribution in [3.63, 3.8) is 0 Å². The van der Waals surface area contributed by atoms with Gasteiger partial charge in [0.05, 0.1) is 19.8 Å². The first-order chi connectivity index (χ1) is 36.2. The Morgan fingerprint density at radius 1 is 0.392 bits per heavy atom. The summed E-state index contributed by atoms with van der Waals surface area (Å²) in [5, 5.41) is 9.81. The Hall–Kier alpha value is -3.60. The topological polar surface area (TPSA) is 155 Å². The molecule has 0 heterocycles. The highest BCUT2D eigenvalue weighted by atomic mass is 31.2. The number of aliphatic hydroxyl groups excluding tert-OH is 1. The van der Waals surface area contributed by atoms with Gasteiger partial charge in [0.1, 0.15) is 12.7 Å². The van der Waals surface area contributed by atoms with Crippen LogP contribution in [0.2, 0.25) is 0 Å². The Bertz CT molecular complexity index is 1610. The van der Waals surface area contributed by atoms with Crippen molar-refractivity contribution in [2.24, 2.45) is 0 Å². The van der Waals surface area contributed by atoms with Gasteiger partial charge in [0.2, 0.25) is 0 Å². The van der Waals surface area contributed by atoms with Gasteiger partial charge in [0.25, 0.3) is 0 Å². The van der Waals surface area contributed by atoms with Crippen LogP contribution in [0.4, 0.5) is 0 Å². The second-order valence-electron chi connectivity index (χ2n) is 19.0. The van der Waals surface area contributed by atoms with Crippen molar-refractivity contribution in [1.82, 2.24) is 0 Å². The molecule has 3 unspecified atom stereocenters. The molecule has 0 fully saturated rings. The van der Waals surface area contributed by atoms with Crippen molar-refractivity contribution in [2.75, 3.05) is 26.4 Å². The summed E-state index contributed by atoms with van der Waals surface area (Å²) in [4.78, 5) is 48.5. The smallest absolute Gasteiger partial charge is 0.462 e. The van der Waals surface area contributed by atoms with Crippen LogP contribution in [0.3, 0.4) is 0 Å². The summed E-state index contributed by atoms with van der Waals surface area (Å²) >= 11 is 0. The van der Waals surface area contributed by atoms with Crippen molar-refractivity contribution in [3.8, 4) is 0 Å². The van der Waals surface area contributed by atoms with Gasteiger partial charge in [-0.25, -0.2) is 4.57 Å². The summed E-state index contributed by atoms with van der Waals surface area (Å²) in [5.41, 5.74) is 0. The van der Waals surface area contributed by atoms with E-state index in [1.54, 1.807) is 0 Å². The number of phosphoric acid groups is 1. The minimum Gasteiger partial charge on any atom is -0.462 e. The molecule has 0 saturated heterocycles. The van der Waals surface area contributed by atoms with Gasteiger partial charge in [-0.1, -0.05) is 201 Å². The quantitative estimate of drug-likeness (QED) is 0.0197. The van der Waals surface area contributed by atoms with E-state index in [1.807, 2.05) is 0 Å². The molecule has 12 heteroatoms. The second kappa shape index (κ2) is 55.6. The average Bonchev–Trinajstić information content (AvgIpc) is 3.39. The molecule has 74 heavy (non-hydrogen) atoms. The van der Waals surface area contributed by atoms with Crippen LogP contribution in [0.25, 0.3) is 0 Å². The molecule has 0 saturated carbocycles. The number of carbonyl (C=O) groups is 3. The number of esters is 3. The van der Waals surface area contributed by atoms with Crippen molar-refractivity contribution in [1.29, 1.82) is 0 Å². The number of unbranched alkanes of at least 4 members (excludes halogenated alkanes) is 20. The number of carbonyl (C=O) groups excluding carboxylic acids is 3. The van der Waals surface area contributed by atoms with E-state index in [0.29, 0.717) is 19.3 Å². The van der Waals surface area contributed by atoms with Gasteiger partial charge < -0.3 is 24.2 Å². The third-order valence-corrected chi connectivity index (χ3v) is 12.9. The highest BCUT2D eigenvalue weighted by Gasteiger charge is 2.28. The van der Waals surface area contributed by atoms with E-state index in [1.165, 1.54) is 57.8 Å². The van der Waals surface area contributed by atoms with Gasteiger partial charge in [0.15, 0.2) is 6.10 Å². The predicted molar refractivity (Wildman–Crippen MR) is 307 cm³/mol. The Balaban J connectivity index is 4.80. The van der Waals surface area contributed by atoms with Crippen LogP contribution in [0.1, 0.15) is 239 Å². The largest absolute Gasteiger partial charge is 0.472 e. The zero-order valence-electron chi connectivity index (χ0n) is 46.8. The van der Waals surface area contributed by atoms with Crippen molar-refractivity contribution >= 4 is 25.7 Å². The Morgan fingerprint density at radius 2 is 0.703 bits per heavy atom. The lowest BCUT2D eigenvalue weighted by Gasteiger charge is -2.21. The number of phosphoric ester groups is 1. The monoisotopic (exact) mass is 1060 g/mol. The summed E-state index contributed by atoms with van der Waals surface area (Å²) in [6.07, 6.45) is 65.1. The predicted octanol–water partition coefficient (Wildman–Crippen LogP) is 17.3. The van der Waals surface area contributed by atoms with Crippen molar-refractivity contribution < 1.29 is 52.2 Å².